The molecular formula is C27H31N3O3S. The molecule has 4 rings (SSSR count). The van der Waals surface area contributed by atoms with Gasteiger partial charge >= 0.3 is 0 Å². The van der Waals surface area contributed by atoms with Crippen LogP contribution in [0.15, 0.2) is 41.8 Å². The molecule has 7 heteroatoms. The Bertz CT molecular complexity index is 1220. The van der Waals surface area contributed by atoms with E-state index in [0.717, 1.165) is 44.1 Å². The number of phenols is 1. The van der Waals surface area contributed by atoms with Crippen LogP contribution in [0.4, 0.5) is 5.69 Å². The molecule has 0 aliphatic carbocycles. The van der Waals surface area contributed by atoms with E-state index in [2.05, 4.69) is 10.6 Å². The molecule has 0 spiro atoms. The average molecular weight is 478 g/mol. The zero-order chi connectivity index (χ0) is 24.5. The maximum Gasteiger partial charge on any atom is 0.264 e. The van der Waals surface area contributed by atoms with Crippen LogP contribution in [0.1, 0.15) is 46.0 Å². The van der Waals surface area contributed by atoms with Gasteiger partial charge in [-0.25, -0.2) is 0 Å². The fourth-order valence-corrected chi connectivity index (χ4v) is 5.01. The van der Waals surface area contributed by atoms with Crippen LogP contribution in [-0.4, -0.2) is 22.5 Å². The second-order valence-corrected chi connectivity index (χ2v) is 10.1. The van der Waals surface area contributed by atoms with E-state index >= 15 is 0 Å². The van der Waals surface area contributed by atoms with Crippen molar-refractivity contribution in [3.05, 3.63) is 74.5 Å². The monoisotopic (exact) mass is 477 g/mol. The first-order valence-electron chi connectivity index (χ1n) is 11.4. The first kappa shape index (κ1) is 23.8. The first-order chi connectivity index (χ1) is 16.2. The van der Waals surface area contributed by atoms with E-state index in [9.17, 15) is 9.90 Å². The van der Waals surface area contributed by atoms with Gasteiger partial charge in [0, 0.05) is 35.5 Å². The van der Waals surface area contributed by atoms with Crippen LogP contribution in [-0.2, 0) is 24.2 Å². The van der Waals surface area contributed by atoms with Gasteiger partial charge in [-0.1, -0.05) is 18.2 Å². The van der Waals surface area contributed by atoms with E-state index in [1.54, 1.807) is 11.3 Å². The van der Waals surface area contributed by atoms with Gasteiger partial charge in [-0.3, -0.25) is 10.2 Å². The molecule has 0 saturated heterocycles. The van der Waals surface area contributed by atoms with Crippen molar-refractivity contribution in [2.24, 2.45) is 0 Å². The van der Waals surface area contributed by atoms with Gasteiger partial charge in [-0.15, -0.1) is 11.3 Å². The fourth-order valence-electron chi connectivity index (χ4n) is 4.29. The van der Waals surface area contributed by atoms with E-state index in [0.29, 0.717) is 37.4 Å². The number of carbonyl (C=O) groups excluding carboxylic acids is 1. The molecule has 0 radical (unpaired) electrons. The van der Waals surface area contributed by atoms with Crippen LogP contribution >= 0.6 is 11.3 Å². The third kappa shape index (κ3) is 4.80. The molecule has 0 bridgehead atoms. The molecule has 1 atom stereocenters. The predicted molar refractivity (Wildman–Crippen MR) is 137 cm³/mol. The summed E-state index contributed by atoms with van der Waals surface area (Å²) in [5.74, 6) is 1.32. The minimum absolute atomic E-state index is 0.152. The number of hydrogen-bond donors (Lipinski definition) is 4. The number of hydrogen-bond acceptors (Lipinski definition) is 5. The van der Waals surface area contributed by atoms with Crippen molar-refractivity contribution < 1.29 is 14.6 Å². The highest BCUT2D eigenvalue weighted by Crippen LogP contribution is 2.43. The van der Waals surface area contributed by atoms with Crippen LogP contribution in [0.5, 0.6) is 11.5 Å². The van der Waals surface area contributed by atoms with Crippen molar-refractivity contribution in [2.45, 2.75) is 59.1 Å². The maximum absolute atomic E-state index is 13.1. The van der Waals surface area contributed by atoms with E-state index in [1.807, 2.05) is 69.5 Å². The second-order valence-electron chi connectivity index (χ2n) is 9.10. The Morgan fingerprint density at radius 2 is 1.88 bits per heavy atom. The molecule has 4 N–H and O–H groups in total. The number of amidine groups is 1. The molecule has 1 unspecified atom stereocenters. The molecule has 2 heterocycles. The highest BCUT2D eigenvalue weighted by molar-refractivity contribution is 7.10. The van der Waals surface area contributed by atoms with E-state index in [1.165, 1.54) is 0 Å². The number of rotatable bonds is 6. The minimum Gasteiger partial charge on any atom is -0.507 e. The molecule has 0 saturated carbocycles. The normalized spacial score (nSPS) is 16.9. The highest BCUT2D eigenvalue weighted by Gasteiger charge is 2.40. The molecule has 1 aromatic heterocycles. The number of fused-ring (bicyclic) bond motifs is 1. The standard InChI is InChI=1S/C27H31N3O3S/c1-16-17(2)25-22(18(3)24(16)31)11-12-27(4,33-25)26(32)29-15-19-7-9-20(10-8-19)30-23(28)14-21-6-5-13-34-21/h5-10,13,31H,11-12,14-15H2,1-4H3,(H2,28,30)(H,29,32). The number of nitrogens with one attached hydrogen (secondary N) is 3. The van der Waals surface area contributed by atoms with Crippen LogP contribution in [0.3, 0.4) is 0 Å². The SMILES string of the molecule is Cc1c(C)c2c(c(C)c1O)CCC(C)(C(=O)NCc1ccc(NC(=N)Cc3cccs3)cc1)O2. The molecule has 34 heavy (non-hydrogen) atoms. The van der Waals surface area contributed by atoms with Crippen LogP contribution in [0, 0.1) is 26.2 Å². The summed E-state index contributed by atoms with van der Waals surface area (Å²) < 4.78 is 6.27. The largest absolute Gasteiger partial charge is 0.507 e. The van der Waals surface area contributed by atoms with Gasteiger partial charge in [0.1, 0.15) is 17.3 Å². The second kappa shape index (κ2) is 9.50. The van der Waals surface area contributed by atoms with Gasteiger partial charge in [-0.05, 0) is 79.9 Å². The van der Waals surface area contributed by atoms with Gasteiger partial charge < -0.3 is 20.5 Å². The lowest BCUT2D eigenvalue weighted by molar-refractivity contribution is -0.137. The summed E-state index contributed by atoms with van der Waals surface area (Å²) in [4.78, 5) is 14.2. The molecule has 3 aromatic rings. The summed E-state index contributed by atoms with van der Waals surface area (Å²) >= 11 is 1.64. The van der Waals surface area contributed by atoms with E-state index < -0.39 is 5.60 Å². The molecule has 1 amide bonds. The Morgan fingerprint density at radius 1 is 1.15 bits per heavy atom. The molecule has 6 nitrogen and oxygen atoms in total. The lowest BCUT2D eigenvalue weighted by atomic mass is 9.86. The Balaban J connectivity index is 1.36. The number of amides is 1. The molecule has 178 valence electrons. The summed E-state index contributed by atoms with van der Waals surface area (Å²) in [5, 5.41) is 26.7. The smallest absolute Gasteiger partial charge is 0.264 e. The highest BCUT2D eigenvalue weighted by atomic mass is 32.1. The van der Waals surface area contributed by atoms with E-state index in [4.69, 9.17) is 10.1 Å². The summed E-state index contributed by atoms with van der Waals surface area (Å²) in [6.07, 6.45) is 1.80. The lowest BCUT2D eigenvalue weighted by Crippen LogP contribution is -2.50. The summed E-state index contributed by atoms with van der Waals surface area (Å²) in [6, 6.07) is 11.7. The first-order valence-corrected chi connectivity index (χ1v) is 12.3. The minimum atomic E-state index is -0.966. The van der Waals surface area contributed by atoms with Crippen LogP contribution in [0.2, 0.25) is 0 Å². The van der Waals surface area contributed by atoms with Gasteiger partial charge in [-0.2, -0.15) is 0 Å². The summed E-state index contributed by atoms with van der Waals surface area (Å²) in [5.41, 5.74) is 4.34. The number of phenolic OH excluding ortho intramolecular Hbond substituents is 1. The van der Waals surface area contributed by atoms with Gasteiger partial charge in [0.15, 0.2) is 5.60 Å². The summed E-state index contributed by atoms with van der Waals surface area (Å²) in [7, 11) is 0. The van der Waals surface area contributed by atoms with Crippen molar-refractivity contribution >= 4 is 28.8 Å². The van der Waals surface area contributed by atoms with Crippen molar-refractivity contribution in [2.75, 3.05) is 5.32 Å². The summed E-state index contributed by atoms with van der Waals surface area (Å²) in [6.45, 7) is 7.91. The topological polar surface area (TPSA) is 94.4 Å². The third-order valence-corrected chi connectivity index (χ3v) is 7.51. The number of thiophene rings is 1. The van der Waals surface area contributed by atoms with Crippen LogP contribution in [0.25, 0.3) is 0 Å². The molecule has 2 aromatic carbocycles. The zero-order valence-corrected chi connectivity index (χ0v) is 20.9. The molecule has 1 aliphatic rings. The van der Waals surface area contributed by atoms with Crippen molar-refractivity contribution in [3.63, 3.8) is 0 Å². The van der Waals surface area contributed by atoms with Crippen LogP contribution < -0.4 is 15.4 Å². The van der Waals surface area contributed by atoms with Gasteiger partial charge in [0.25, 0.3) is 5.91 Å². The lowest BCUT2D eigenvalue weighted by Gasteiger charge is -2.36. The quantitative estimate of drug-likeness (QED) is 0.282. The maximum atomic E-state index is 13.1. The number of ether oxygens (including phenoxy) is 1. The van der Waals surface area contributed by atoms with E-state index in [-0.39, 0.29) is 5.91 Å². The van der Waals surface area contributed by atoms with Crippen molar-refractivity contribution in [1.82, 2.24) is 5.32 Å². The predicted octanol–water partition coefficient (Wildman–Crippen LogP) is 5.41. The Kier molecular flexibility index (Phi) is 6.66. The fraction of sp³-hybridized carbons (Fsp3) is 0.333. The average Bonchev–Trinajstić information content (AvgIpc) is 3.33. The Labute approximate surface area is 204 Å². The number of carbonyl (C=O) groups is 1. The molecule has 0 fully saturated rings. The van der Waals surface area contributed by atoms with Gasteiger partial charge in [0.2, 0.25) is 0 Å². The van der Waals surface area contributed by atoms with Crippen molar-refractivity contribution in [1.29, 1.82) is 5.41 Å². The molecular weight excluding hydrogens is 446 g/mol. The number of anilines is 1. The van der Waals surface area contributed by atoms with Gasteiger partial charge in [0.05, 0.1) is 0 Å². The van der Waals surface area contributed by atoms with Crippen molar-refractivity contribution in [3.8, 4) is 11.5 Å². The molecule has 1 aliphatic heterocycles. The number of benzene rings is 2. The zero-order valence-electron chi connectivity index (χ0n) is 20.0. The Morgan fingerprint density at radius 3 is 2.56 bits per heavy atom. The Hall–Kier alpha value is -3.32. The third-order valence-electron chi connectivity index (χ3n) is 6.63. The number of aromatic hydroxyl groups is 1.